The molecule has 0 aliphatic carbocycles. The van der Waals surface area contributed by atoms with E-state index in [1.54, 1.807) is 44.4 Å². The van der Waals surface area contributed by atoms with Crippen LogP contribution in [-0.4, -0.2) is 30.2 Å². The normalized spacial score (nSPS) is 11.2. The Labute approximate surface area is 178 Å². The smallest absolute Gasteiger partial charge is 0.261 e. The molecule has 3 aromatic heterocycles. The fourth-order valence-electron chi connectivity index (χ4n) is 3.13. The van der Waals surface area contributed by atoms with Crippen molar-refractivity contribution in [2.24, 2.45) is 12.8 Å². The number of aryl methyl sites for hydroxylation is 1. The number of benzene rings is 1. The van der Waals surface area contributed by atoms with Crippen LogP contribution in [0.1, 0.15) is 15.9 Å². The molecule has 10 heteroatoms. The van der Waals surface area contributed by atoms with Crippen LogP contribution in [-0.2, 0) is 7.05 Å². The SMILES string of the molecule is Cc1cc(C(N)=O)cc2c(=O)n(C)c(-c3cc(Br)nn3-c3ncccc3Cl)nc12. The molecule has 8 nitrogen and oxygen atoms in total. The number of aromatic nitrogens is 5. The summed E-state index contributed by atoms with van der Waals surface area (Å²) >= 11 is 9.66. The molecule has 0 fully saturated rings. The standard InChI is InChI=1S/C19H14BrClN6O2/c1-9-6-10(16(22)28)7-11-15(9)24-18(26(2)19(11)29)13-8-14(20)25-27(13)17-12(21)4-3-5-23-17/h3-8H,1-2H3,(H2,22,28). The number of nitrogens with zero attached hydrogens (tertiary/aromatic N) is 5. The molecule has 0 spiro atoms. The maximum atomic E-state index is 13.1. The third kappa shape index (κ3) is 3.22. The summed E-state index contributed by atoms with van der Waals surface area (Å²) in [4.78, 5) is 33.6. The number of primary amides is 1. The van der Waals surface area contributed by atoms with E-state index < -0.39 is 5.91 Å². The Balaban J connectivity index is 2.04. The van der Waals surface area contributed by atoms with Gasteiger partial charge in [-0.15, -0.1) is 0 Å². The van der Waals surface area contributed by atoms with E-state index in [0.29, 0.717) is 43.4 Å². The van der Waals surface area contributed by atoms with Crippen LogP contribution in [0, 0.1) is 6.92 Å². The van der Waals surface area contributed by atoms with Crippen molar-refractivity contribution in [2.75, 3.05) is 0 Å². The minimum atomic E-state index is -0.604. The first kappa shape index (κ1) is 19.3. The zero-order chi connectivity index (χ0) is 20.9. The van der Waals surface area contributed by atoms with Crippen molar-refractivity contribution >= 4 is 44.3 Å². The second-order valence-electron chi connectivity index (χ2n) is 6.43. The van der Waals surface area contributed by atoms with Crippen LogP contribution in [0.5, 0.6) is 0 Å². The molecule has 0 saturated heterocycles. The third-order valence-electron chi connectivity index (χ3n) is 4.50. The van der Waals surface area contributed by atoms with E-state index in [4.69, 9.17) is 22.3 Å². The van der Waals surface area contributed by atoms with Gasteiger partial charge in [-0.3, -0.25) is 14.2 Å². The van der Waals surface area contributed by atoms with E-state index in [2.05, 4.69) is 26.0 Å². The van der Waals surface area contributed by atoms with Crippen LogP contribution in [0.25, 0.3) is 28.2 Å². The van der Waals surface area contributed by atoms with E-state index >= 15 is 0 Å². The summed E-state index contributed by atoms with van der Waals surface area (Å²) in [5.74, 6) is 0.176. The third-order valence-corrected chi connectivity index (χ3v) is 5.19. The predicted molar refractivity (Wildman–Crippen MR) is 113 cm³/mol. The van der Waals surface area contributed by atoms with Gasteiger partial charge in [-0.2, -0.15) is 5.10 Å². The Kier molecular flexibility index (Phi) is 4.71. The highest BCUT2D eigenvalue weighted by atomic mass is 79.9. The lowest BCUT2D eigenvalue weighted by atomic mass is 10.1. The fraction of sp³-hybridized carbons (Fsp3) is 0.105. The molecule has 1 amide bonds. The molecule has 0 bridgehead atoms. The Morgan fingerprint density at radius 2 is 2.03 bits per heavy atom. The van der Waals surface area contributed by atoms with Gasteiger partial charge in [-0.05, 0) is 52.7 Å². The van der Waals surface area contributed by atoms with Gasteiger partial charge < -0.3 is 5.73 Å². The van der Waals surface area contributed by atoms with E-state index in [1.807, 2.05) is 0 Å². The molecule has 146 valence electrons. The molecule has 3 heterocycles. The lowest BCUT2D eigenvalue weighted by molar-refractivity contribution is 0.100. The first-order valence-electron chi connectivity index (χ1n) is 8.46. The summed E-state index contributed by atoms with van der Waals surface area (Å²) in [6.07, 6.45) is 1.60. The molecule has 4 rings (SSSR count). The van der Waals surface area contributed by atoms with Gasteiger partial charge in [0.2, 0.25) is 5.91 Å². The average Bonchev–Trinajstić information content (AvgIpc) is 3.06. The summed E-state index contributed by atoms with van der Waals surface area (Å²) < 4.78 is 3.44. The predicted octanol–water partition coefficient (Wildman–Crippen LogP) is 3.00. The highest BCUT2D eigenvalue weighted by Gasteiger charge is 2.20. The molecule has 0 aliphatic rings. The number of fused-ring (bicyclic) bond motifs is 1. The molecule has 0 atom stereocenters. The number of carbonyl (C=O) groups is 1. The number of carbonyl (C=O) groups excluding carboxylic acids is 1. The largest absolute Gasteiger partial charge is 0.366 e. The minimum absolute atomic E-state index is 0.259. The molecule has 0 aliphatic heterocycles. The van der Waals surface area contributed by atoms with Crippen molar-refractivity contribution in [3.8, 4) is 17.3 Å². The summed E-state index contributed by atoms with van der Waals surface area (Å²) in [6.45, 7) is 1.77. The molecule has 0 saturated carbocycles. The first-order chi connectivity index (χ1) is 13.8. The quantitative estimate of drug-likeness (QED) is 0.492. The molecular formula is C19H14BrClN6O2. The Morgan fingerprint density at radius 1 is 1.28 bits per heavy atom. The van der Waals surface area contributed by atoms with Crippen LogP contribution in [0.15, 0.2) is 45.9 Å². The molecule has 2 N–H and O–H groups in total. The van der Waals surface area contributed by atoms with Crippen LogP contribution < -0.4 is 11.3 Å². The molecule has 0 radical (unpaired) electrons. The zero-order valence-electron chi connectivity index (χ0n) is 15.3. The van der Waals surface area contributed by atoms with E-state index in [-0.39, 0.29) is 11.1 Å². The fourth-order valence-corrected chi connectivity index (χ4v) is 3.70. The van der Waals surface area contributed by atoms with Gasteiger partial charge in [0.15, 0.2) is 11.6 Å². The van der Waals surface area contributed by atoms with Crippen LogP contribution in [0.2, 0.25) is 5.02 Å². The average molecular weight is 474 g/mol. The lowest BCUT2D eigenvalue weighted by Crippen LogP contribution is -2.22. The monoisotopic (exact) mass is 472 g/mol. The van der Waals surface area contributed by atoms with E-state index in [0.717, 1.165) is 0 Å². The molecule has 0 unspecified atom stereocenters. The minimum Gasteiger partial charge on any atom is -0.366 e. The maximum absolute atomic E-state index is 13.1. The van der Waals surface area contributed by atoms with Crippen molar-refractivity contribution in [1.82, 2.24) is 24.3 Å². The zero-order valence-corrected chi connectivity index (χ0v) is 17.7. The van der Waals surface area contributed by atoms with Crippen molar-refractivity contribution < 1.29 is 4.79 Å². The number of pyridine rings is 1. The van der Waals surface area contributed by atoms with E-state index in [9.17, 15) is 9.59 Å². The summed E-state index contributed by atoms with van der Waals surface area (Å²) in [5.41, 5.74) is 6.99. The maximum Gasteiger partial charge on any atom is 0.261 e. The highest BCUT2D eigenvalue weighted by Crippen LogP contribution is 2.28. The van der Waals surface area contributed by atoms with Gasteiger partial charge in [0.25, 0.3) is 5.56 Å². The van der Waals surface area contributed by atoms with Crippen molar-refractivity contribution in [2.45, 2.75) is 6.92 Å². The molecule has 4 aromatic rings. The number of hydrogen-bond donors (Lipinski definition) is 1. The number of nitrogens with two attached hydrogens (primary N) is 1. The van der Waals surface area contributed by atoms with Crippen molar-refractivity contribution in [3.05, 3.63) is 67.6 Å². The lowest BCUT2D eigenvalue weighted by Gasteiger charge is -2.13. The van der Waals surface area contributed by atoms with Gasteiger partial charge in [0.1, 0.15) is 10.3 Å². The van der Waals surface area contributed by atoms with E-state index in [1.165, 1.54) is 15.3 Å². The van der Waals surface area contributed by atoms with Gasteiger partial charge in [0.05, 0.1) is 15.9 Å². The van der Waals surface area contributed by atoms with Crippen molar-refractivity contribution in [1.29, 1.82) is 0 Å². The Bertz CT molecular complexity index is 1360. The van der Waals surface area contributed by atoms with Crippen molar-refractivity contribution in [3.63, 3.8) is 0 Å². The van der Waals surface area contributed by atoms with Gasteiger partial charge in [0, 0.05) is 24.9 Å². The van der Waals surface area contributed by atoms with Gasteiger partial charge in [-0.1, -0.05) is 11.6 Å². The Hall–Kier alpha value is -3.04. The second-order valence-corrected chi connectivity index (χ2v) is 7.65. The summed E-state index contributed by atoms with van der Waals surface area (Å²) in [5, 5.41) is 5.11. The molecular weight excluding hydrogens is 460 g/mol. The Morgan fingerprint density at radius 3 is 2.72 bits per heavy atom. The molecule has 1 aromatic carbocycles. The number of rotatable bonds is 3. The van der Waals surface area contributed by atoms with Crippen LogP contribution in [0.3, 0.4) is 0 Å². The highest BCUT2D eigenvalue weighted by molar-refractivity contribution is 9.10. The van der Waals surface area contributed by atoms with Gasteiger partial charge in [-0.25, -0.2) is 14.6 Å². The number of halogens is 2. The summed E-state index contributed by atoms with van der Waals surface area (Å²) in [6, 6.07) is 8.22. The first-order valence-corrected chi connectivity index (χ1v) is 9.63. The molecule has 29 heavy (non-hydrogen) atoms. The number of amides is 1. The van der Waals surface area contributed by atoms with Gasteiger partial charge >= 0.3 is 0 Å². The van der Waals surface area contributed by atoms with Crippen LogP contribution >= 0.6 is 27.5 Å². The summed E-state index contributed by atoms with van der Waals surface area (Å²) in [7, 11) is 1.60. The second kappa shape index (κ2) is 7.09. The van der Waals surface area contributed by atoms with Crippen LogP contribution in [0.4, 0.5) is 0 Å². The topological polar surface area (TPSA) is 109 Å². The number of hydrogen-bond acceptors (Lipinski definition) is 5.